The lowest BCUT2D eigenvalue weighted by atomic mass is 9.56. The van der Waals surface area contributed by atoms with Gasteiger partial charge in [-0.2, -0.15) is 0 Å². The van der Waals surface area contributed by atoms with E-state index in [9.17, 15) is 29.1 Å². The fourth-order valence-electron chi connectivity index (χ4n) is 7.60. The maximum absolute atomic E-state index is 14.2. The molecule has 2 aliphatic carbocycles. The minimum atomic E-state index is -1.99. The molecule has 0 aromatic heterocycles. The van der Waals surface area contributed by atoms with Crippen molar-refractivity contribution in [3.8, 4) is 5.75 Å². The normalized spacial score (nSPS) is 30.6. The zero-order chi connectivity index (χ0) is 31.8. The van der Waals surface area contributed by atoms with Gasteiger partial charge in [-0.05, 0) is 49.1 Å². The Kier molecular flexibility index (Phi) is 7.07. The summed E-state index contributed by atoms with van der Waals surface area (Å²) in [6, 6.07) is 21.5. The van der Waals surface area contributed by atoms with Crippen molar-refractivity contribution in [2.24, 2.45) is 17.8 Å². The molecule has 1 N–H and O–H groups in total. The molecule has 4 amide bonds. The summed E-state index contributed by atoms with van der Waals surface area (Å²) in [6.45, 7) is 0. The minimum absolute atomic E-state index is 0.134. The SMILES string of the molecule is O=C(c1ccccc1)c1ccc(N2C(=O)C3CC=C4C(CC5(Cl)C(=O)N(CBr)C(=O)C5(Cl)C4c4ccccc4O)C3C2=O)cc1. The number of ketones is 1. The summed E-state index contributed by atoms with van der Waals surface area (Å²) in [5, 5.41) is 11.0. The van der Waals surface area contributed by atoms with Gasteiger partial charge in [-0.1, -0.05) is 76.1 Å². The number of para-hydroxylation sites is 1. The van der Waals surface area contributed by atoms with Gasteiger partial charge in [0.1, 0.15) is 5.75 Å². The number of nitrogens with zero attached hydrogens (tertiary/aromatic N) is 2. The topological polar surface area (TPSA) is 112 Å². The molecule has 228 valence electrons. The van der Waals surface area contributed by atoms with Crippen molar-refractivity contribution in [2.45, 2.75) is 28.5 Å². The Bertz CT molecular complexity index is 1830. The molecule has 3 aromatic rings. The van der Waals surface area contributed by atoms with Crippen LogP contribution in [-0.2, 0) is 19.2 Å². The van der Waals surface area contributed by atoms with E-state index >= 15 is 0 Å². The van der Waals surface area contributed by atoms with Crippen LogP contribution in [-0.4, -0.2) is 54.6 Å². The number of hydrogen-bond acceptors (Lipinski definition) is 6. The molecule has 0 spiro atoms. The van der Waals surface area contributed by atoms with Gasteiger partial charge in [-0.25, -0.2) is 0 Å². The molecule has 0 bridgehead atoms. The van der Waals surface area contributed by atoms with Crippen LogP contribution in [0.25, 0.3) is 0 Å². The zero-order valence-electron chi connectivity index (χ0n) is 23.5. The number of benzene rings is 3. The lowest BCUT2D eigenvalue weighted by Crippen LogP contribution is -2.60. The molecule has 3 fully saturated rings. The van der Waals surface area contributed by atoms with Gasteiger partial charge >= 0.3 is 0 Å². The highest BCUT2D eigenvalue weighted by molar-refractivity contribution is 9.09. The summed E-state index contributed by atoms with van der Waals surface area (Å²) in [5.41, 5.74) is 2.01. The van der Waals surface area contributed by atoms with Gasteiger partial charge in [0.2, 0.25) is 11.8 Å². The quantitative estimate of drug-likeness (QED) is 0.123. The van der Waals surface area contributed by atoms with Crippen LogP contribution in [0.15, 0.2) is 90.5 Å². The molecule has 7 rings (SSSR count). The Balaban J connectivity index is 1.28. The van der Waals surface area contributed by atoms with Crippen LogP contribution >= 0.6 is 39.1 Å². The molecule has 4 aliphatic rings. The highest BCUT2D eigenvalue weighted by Crippen LogP contribution is 2.66. The predicted octanol–water partition coefficient (Wildman–Crippen LogP) is 5.54. The maximum Gasteiger partial charge on any atom is 0.254 e. The Morgan fingerprint density at radius 3 is 2.16 bits per heavy atom. The molecule has 1 saturated carbocycles. The fraction of sp³-hybridized carbons (Fsp3) is 0.265. The fourth-order valence-corrected chi connectivity index (χ4v) is 9.02. The van der Waals surface area contributed by atoms with Gasteiger partial charge < -0.3 is 5.11 Å². The van der Waals surface area contributed by atoms with E-state index < -0.39 is 57.0 Å². The summed E-state index contributed by atoms with van der Waals surface area (Å²) in [4.78, 5) is 66.7. The average molecular weight is 708 g/mol. The van der Waals surface area contributed by atoms with E-state index in [0.717, 1.165) is 9.80 Å². The third-order valence-corrected chi connectivity index (χ3v) is 11.6. The number of phenolic OH excluding ortho intramolecular Hbond substituents is 1. The molecule has 2 heterocycles. The van der Waals surface area contributed by atoms with Crippen LogP contribution < -0.4 is 4.90 Å². The molecule has 2 aliphatic heterocycles. The molecule has 8 nitrogen and oxygen atoms in total. The first-order valence-electron chi connectivity index (χ1n) is 14.4. The smallest absolute Gasteiger partial charge is 0.254 e. The van der Waals surface area contributed by atoms with Crippen LogP contribution in [0.5, 0.6) is 5.75 Å². The molecule has 6 unspecified atom stereocenters. The second-order valence-electron chi connectivity index (χ2n) is 11.8. The second kappa shape index (κ2) is 10.6. The number of carbonyl (C=O) groups excluding carboxylic acids is 5. The van der Waals surface area contributed by atoms with Crippen molar-refractivity contribution >= 4 is 74.2 Å². The maximum atomic E-state index is 14.2. The van der Waals surface area contributed by atoms with E-state index in [-0.39, 0.29) is 29.8 Å². The highest BCUT2D eigenvalue weighted by Gasteiger charge is 2.76. The highest BCUT2D eigenvalue weighted by atomic mass is 79.9. The summed E-state index contributed by atoms with van der Waals surface area (Å²) in [7, 11) is 0. The Labute approximate surface area is 276 Å². The number of phenols is 1. The van der Waals surface area contributed by atoms with Crippen molar-refractivity contribution in [3.05, 3.63) is 107 Å². The van der Waals surface area contributed by atoms with Crippen LogP contribution in [0.4, 0.5) is 5.69 Å². The van der Waals surface area contributed by atoms with Crippen molar-refractivity contribution in [1.82, 2.24) is 4.90 Å². The minimum Gasteiger partial charge on any atom is -0.508 e. The average Bonchev–Trinajstić information content (AvgIpc) is 3.39. The number of fused-ring (bicyclic) bond motifs is 4. The van der Waals surface area contributed by atoms with Crippen LogP contribution in [0.2, 0.25) is 0 Å². The molecule has 45 heavy (non-hydrogen) atoms. The lowest BCUT2D eigenvalue weighted by Gasteiger charge is -2.50. The summed E-state index contributed by atoms with van der Waals surface area (Å²) >= 11 is 17.6. The first-order valence-corrected chi connectivity index (χ1v) is 16.3. The number of alkyl halides is 3. The van der Waals surface area contributed by atoms with E-state index in [1.807, 2.05) is 12.1 Å². The number of amides is 4. The Morgan fingerprint density at radius 1 is 0.844 bits per heavy atom. The number of rotatable bonds is 5. The van der Waals surface area contributed by atoms with Crippen LogP contribution in [0.3, 0.4) is 0 Å². The largest absolute Gasteiger partial charge is 0.508 e. The molecule has 3 aromatic carbocycles. The standard InChI is InChI=1S/C34H25BrCl2N2O6/c35-17-38-31(44)33(36)16-24-21(27(34(33,37)32(38)45)22-8-4-5-9-25(22)40)14-15-23-26(24)30(43)39(29(23)42)20-12-10-19(11-13-20)28(41)18-6-2-1-3-7-18/h1-14,23-24,26-27,40H,15-17H2. The van der Waals surface area contributed by atoms with Gasteiger partial charge in [0.15, 0.2) is 15.5 Å². The van der Waals surface area contributed by atoms with Crippen molar-refractivity contribution < 1.29 is 29.1 Å². The predicted molar refractivity (Wildman–Crippen MR) is 170 cm³/mol. The Hall–Kier alpha value is -3.79. The van der Waals surface area contributed by atoms with Gasteiger partial charge in [0.25, 0.3) is 11.8 Å². The lowest BCUT2D eigenvalue weighted by molar-refractivity contribution is -0.138. The van der Waals surface area contributed by atoms with E-state index in [1.165, 1.54) is 6.07 Å². The number of carbonyl (C=O) groups is 5. The summed E-state index contributed by atoms with van der Waals surface area (Å²) < 4.78 is 0. The molecular weight excluding hydrogens is 683 g/mol. The molecule has 11 heteroatoms. The molecule has 0 radical (unpaired) electrons. The number of likely N-dealkylation sites (tertiary alicyclic amines) is 1. The van der Waals surface area contributed by atoms with Gasteiger partial charge in [-0.3, -0.25) is 33.8 Å². The van der Waals surface area contributed by atoms with Gasteiger partial charge in [0, 0.05) is 22.6 Å². The van der Waals surface area contributed by atoms with Gasteiger partial charge in [0.05, 0.1) is 23.0 Å². The van der Waals surface area contributed by atoms with Crippen LogP contribution in [0, 0.1) is 17.8 Å². The third kappa shape index (κ3) is 4.06. The summed E-state index contributed by atoms with van der Waals surface area (Å²) in [6.07, 6.45) is 1.85. The van der Waals surface area contributed by atoms with Crippen molar-refractivity contribution in [3.63, 3.8) is 0 Å². The number of hydrogen-bond donors (Lipinski definition) is 1. The van der Waals surface area contributed by atoms with E-state index in [4.69, 9.17) is 23.2 Å². The van der Waals surface area contributed by atoms with Crippen molar-refractivity contribution in [2.75, 3.05) is 10.4 Å². The second-order valence-corrected chi connectivity index (χ2v) is 13.5. The monoisotopic (exact) mass is 706 g/mol. The zero-order valence-corrected chi connectivity index (χ0v) is 26.6. The van der Waals surface area contributed by atoms with E-state index in [1.54, 1.807) is 66.7 Å². The Morgan fingerprint density at radius 2 is 1.49 bits per heavy atom. The van der Waals surface area contributed by atoms with E-state index in [2.05, 4.69) is 15.9 Å². The third-order valence-electron chi connectivity index (χ3n) is 9.69. The number of imide groups is 2. The van der Waals surface area contributed by atoms with Crippen LogP contribution in [0.1, 0.15) is 40.2 Å². The number of anilines is 1. The molecule has 2 saturated heterocycles. The number of allylic oxidation sites excluding steroid dienone is 2. The van der Waals surface area contributed by atoms with E-state index in [0.29, 0.717) is 28.0 Å². The molecule has 6 atom stereocenters. The van der Waals surface area contributed by atoms with Crippen molar-refractivity contribution in [1.29, 1.82) is 0 Å². The first kappa shape index (κ1) is 29.9. The molecular formula is C34H25BrCl2N2O6. The number of halogens is 3. The number of aromatic hydroxyl groups is 1. The first-order chi connectivity index (χ1) is 21.5. The van der Waals surface area contributed by atoms with Gasteiger partial charge in [-0.15, -0.1) is 23.2 Å². The summed E-state index contributed by atoms with van der Waals surface area (Å²) in [5.74, 6) is -5.96.